The van der Waals surface area contributed by atoms with Gasteiger partial charge in [0, 0.05) is 30.1 Å². The van der Waals surface area contributed by atoms with Crippen LogP contribution in [0.5, 0.6) is 0 Å². The van der Waals surface area contributed by atoms with Gasteiger partial charge in [-0.2, -0.15) is 5.10 Å². The molecule has 29 heavy (non-hydrogen) atoms. The molecule has 2 aliphatic heterocycles. The van der Waals surface area contributed by atoms with E-state index in [9.17, 15) is 0 Å². The second kappa shape index (κ2) is 7.54. The van der Waals surface area contributed by atoms with Crippen molar-refractivity contribution >= 4 is 28.7 Å². The fraction of sp³-hybridized carbons (Fsp3) is 0.273. The lowest BCUT2D eigenvalue weighted by Crippen LogP contribution is -2.22. The molecule has 0 atom stereocenters. The second-order valence-corrected chi connectivity index (χ2v) is 8.02. The van der Waals surface area contributed by atoms with Crippen molar-refractivity contribution in [2.24, 2.45) is 0 Å². The van der Waals surface area contributed by atoms with Crippen molar-refractivity contribution in [3.63, 3.8) is 0 Å². The third-order valence-electron chi connectivity index (χ3n) is 5.65. The summed E-state index contributed by atoms with van der Waals surface area (Å²) in [5.74, 6) is 0.510. The van der Waals surface area contributed by atoms with Gasteiger partial charge in [0.15, 0.2) is 5.82 Å². The number of nitrogens with two attached hydrogens (primary N) is 1. The van der Waals surface area contributed by atoms with E-state index in [1.54, 1.807) is 0 Å². The third-order valence-corrected chi connectivity index (χ3v) is 5.97. The van der Waals surface area contributed by atoms with Crippen LogP contribution in [-0.2, 0) is 13.1 Å². The van der Waals surface area contributed by atoms with Crippen molar-refractivity contribution in [2.45, 2.75) is 25.9 Å². The van der Waals surface area contributed by atoms with Gasteiger partial charge >= 0.3 is 0 Å². The van der Waals surface area contributed by atoms with E-state index in [0.29, 0.717) is 17.4 Å². The number of rotatable bonds is 4. The normalized spacial score (nSPS) is 16.7. The molecule has 2 aromatic heterocycles. The molecular formula is C22H23ClN6. The summed E-state index contributed by atoms with van der Waals surface area (Å²) < 4.78 is 0. The number of nitrogens with zero attached hydrogens (tertiary/aromatic N) is 4. The van der Waals surface area contributed by atoms with Crippen LogP contribution < -0.4 is 10.6 Å². The smallest absolute Gasteiger partial charge is 0.150 e. The molecule has 148 valence electrons. The monoisotopic (exact) mass is 406 g/mol. The van der Waals surface area contributed by atoms with Crippen molar-refractivity contribution in [1.29, 1.82) is 0 Å². The van der Waals surface area contributed by atoms with Gasteiger partial charge < -0.3 is 10.6 Å². The lowest BCUT2D eigenvalue weighted by molar-refractivity contribution is 0.331. The number of aromatic nitrogens is 3. The summed E-state index contributed by atoms with van der Waals surface area (Å²) in [7, 11) is 0. The Morgan fingerprint density at radius 1 is 1.14 bits per heavy atom. The number of anilines is 2. The molecular weight excluding hydrogens is 384 g/mol. The van der Waals surface area contributed by atoms with Crippen molar-refractivity contribution in [3.05, 3.63) is 76.3 Å². The SMILES string of the molecule is Nc1n[nH]c2c1CN(c1ccccc1Cl)C=C2c1cc(CN2CCCC2)ccn1. The fourth-order valence-corrected chi connectivity index (χ4v) is 4.40. The van der Waals surface area contributed by atoms with Crippen LogP contribution in [0.3, 0.4) is 0 Å². The maximum absolute atomic E-state index is 6.47. The summed E-state index contributed by atoms with van der Waals surface area (Å²) in [5.41, 5.74) is 12.1. The number of para-hydroxylation sites is 1. The zero-order valence-corrected chi connectivity index (χ0v) is 16.9. The average molecular weight is 407 g/mol. The van der Waals surface area contributed by atoms with E-state index in [1.165, 1.54) is 31.5 Å². The van der Waals surface area contributed by atoms with Crippen LogP contribution in [0.2, 0.25) is 5.02 Å². The van der Waals surface area contributed by atoms with Crippen molar-refractivity contribution < 1.29 is 0 Å². The third kappa shape index (κ3) is 3.50. The Bertz CT molecular complexity index is 1070. The molecule has 7 heteroatoms. The minimum atomic E-state index is 0.510. The van der Waals surface area contributed by atoms with Crippen LogP contribution in [-0.4, -0.2) is 33.2 Å². The van der Waals surface area contributed by atoms with Crippen LogP contribution >= 0.6 is 11.6 Å². The minimum Gasteiger partial charge on any atom is -0.382 e. The van der Waals surface area contributed by atoms with Crippen molar-refractivity contribution in [1.82, 2.24) is 20.1 Å². The highest BCUT2D eigenvalue weighted by Gasteiger charge is 2.26. The molecule has 3 aromatic rings. The van der Waals surface area contributed by atoms with Crippen LogP contribution in [0, 0.1) is 0 Å². The molecule has 1 aromatic carbocycles. The Labute approximate surface area is 175 Å². The van der Waals surface area contributed by atoms with Crippen LogP contribution in [0.25, 0.3) is 5.57 Å². The van der Waals surface area contributed by atoms with Gasteiger partial charge in [-0.15, -0.1) is 0 Å². The number of aromatic amines is 1. The predicted octanol–water partition coefficient (Wildman–Crippen LogP) is 4.05. The van der Waals surface area contributed by atoms with Crippen molar-refractivity contribution in [2.75, 3.05) is 23.7 Å². The van der Waals surface area contributed by atoms with E-state index in [-0.39, 0.29) is 0 Å². The van der Waals surface area contributed by atoms with E-state index in [1.807, 2.05) is 30.5 Å². The predicted molar refractivity (Wildman–Crippen MR) is 116 cm³/mol. The molecule has 0 radical (unpaired) electrons. The van der Waals surface area contributed by atoms with E-state index in [4.69, 9.17) is 17.3 Å². The molecule has 0 bridgehead atoms. The Morgan fingerprint density at radius 3 is 2.79 bits per heavy atom. The number of H-pyrrole nitrogens is 1. The summed E-state index contributed by atoms with van der Waals surface area (Å²) in [6.45, 7) is 3.90. The largest absolute Gasteiger partial charge is 0.382 e. The molecule has 0 amide bonds. The zero-order chi connectivity index (χ0) is 19.8. The summed E-state index contributed by atoms with van der Waals surface area (Å²) in [6, 6.07) is 12.1. The molecule has 0 unspecified atom stereocenters. The number of halogens is 1. The first-order valence-electron chi connectivity index (χ1n) is 9.93. The number of benzene rings is 1. The Balaban J connectivity index is 1.55. The van der Waals surface area contributed by atoms with Gasteiger partial charge in [0.1, 0.15) is 0 Å². The van der Waals surface area contributed by atoms with Gasteiger partial charge in [-0.05, 0) is 55.8 Å². The van der Waals surface area contributed by atoms with Crippen LogP contribution in [0.1, 0.15) is 35.4 Å². The quantitative estimate of drug-likeness (QED) is 0.683. The number of nitrogen functional groups attached to an aromatic ring is 1. The van der Waals surface area contributed by atoms with Crippen molar-refractivity contribution in [3.8, 4) is 0 Å². The van der Waals surface area contributed by atoms with Gasteiger partial charge in [-0.25, -0.2) is 0 Å². The minimum absolute atomic E-state index is 0.510. The molecule has 4 heterocycles. The number of fused-ring (bicyclic) bond motifs is 1. The van der Waals surface area contributed by atoms with Crippen LogP contribution in [0.4, 0.5) is 11.5 Å². The standard InChI is InChI=1S/C22H23ClN6/c23-18-5-1-2-6-20(18)29-13-16(21-17(14-29)22(24)27-26-21)19-11-15(7-8-25-19)12-28-9-3-4-10-28/h1-2,5-8,11,13H,3-4,9-10,12,14H2,(H3,24,26,27). The summed E-state index contributed by atoms with van der Waals surface area (Å²) in [6.07, 6.45) is 6.54. The molecule has 2 aliphatic rings. The number of hydrogen-bond donors (Lipinski definition) is 2. The lowest BCUT2D eigenvalue weighted by atomic mass is 9.99. The Kier molecular flexibility index (Phi) is 4.73. The second-order valence-electron chi connectivity index (χ2n) is 7.62. The van der Waals surface area contributed by atoms with Gasteiger partial charge in [0.25, 0.3) is 0 Å². The molecule has 0 aliphatic carbocycles. The van der Waals surface area contributed by atoms with Gasteiger partial charge in [-0.1, -0.05) is 23.7 Å². The molecule has 1 saturated heterocycles. The van der Waals surface area contributed by atoms with E-state index in [0.717, 1.165) is 34.8 Å². The topological polar surface area (TPSA) is 74.1 Å². The molecule has 5 rings (SSSR count). The summed E-state index contributed by atoms with van der Waals surface area (Å²) in [5, 5.41) is 8.05. The summed E-state index contributed by atoms with van der Waals surface area (Å²) in [4.78, 5) is 9.26. The van der Waals surface area contributed by atoms with E-state index in [2.05, 4.69) is 43.3 Å². The number of pyridine rings is 1. The van der Waals surface area contributed by atoms with Gasteiger partial charge in [-0.3, -0.25) is 15.0 Å². The molecule has 0 spiro atoms. The highest BCUT2D eigenvalue weighted by Crippen LogP contribution is 2.37. The highest BCUT2D eigenvalue weighted by atomic mass is 35.5. The first kappa shape index (κ1) is 18.2. The first-order valence-corrected chi connectivity index (χ1v) is 10.3. The summed E-state index contributed by atoms with van der Waals surface area (Å²) >= 11 is 6.47. The maximum Gasteiger partial charge on any atom is 0.150 e. The molecule has 0 saturated carbocycles. The van der Waals surface area contributed by atoms with Gasteiger partial charge in [0.2, 0.25) is 0 Å². The Hall–Kier alpha value is -2.83. The number of likely N-dealkylation sites (tertiary alicyclic amines) is 1. The maximum atomic E-state index is 6.47. The molecule has 6 nitrogen and oxygen atoms in total. The Morgan fingerprint density at radius 2 is 1.97 bits per heavy atom. The average Bonchev–Trinajstić information content (AvgIpc) is 3.38. The number of nitrogens with one attached hydrogen (secondary N) is 1. The van der Waals surface area contributed by atoms with E-state index < -0.39 is 0 Å². The fourth-order valence-electron chi connectivity index (χ4n) is 4.15. The lowest BCUT2D eigenvalue weighted by Gasteiger charge is -2.27. The highest BCUT2D eigenvalue weighted by molar-refractivity contribution is 6.33. The first-order chi connectivity index (χ1) is 14.2. The number of hydrogen-bond acceptors (Lipinski definition) is 5. The van der Waals surface area contributed by atoms with Crippen LogP contribution in [0.15, 0.2) is 48.8 Å². The van der Waals surface area contributed by atoms with Gasteiger partial charge in [0.05, 0.1) is 28.6 Å². The molecule has 3 N–H and O–H groups in total. The zero-order valence-electron chi connectivity index (χ0n) is 16.1. The van der Waals surface area contributed by atoms with E-state index >= 15 is 0 Å². The molecule has 1 fully saturated rings.